The molecule has 1 amide bonds. The first kappa shape index (κ1) is 18.0. The van der Waals surface area contributed by atoms with Crippen molar-refractivity contribution in [1.29, 1.82) is 0 Å². The molecule has 0 saturated carbocycles. The van der Waals surface area contributed by atoms with Crippen LogP contribution in [-0.4, -0.2) is 17.6 Å². The molecule has 1 aromatic heterocycles. The van der Waals surface area contributed by atoms with Gasteiger partial charge in [0, 0.05) is 18.0 Å². The van der Waals surface area contributed by atoms with E-state index in [1.807, 2.05) is 0 Å². The van der Waals surface area contributed by atoms with Gasteiger partial charge in [0.25, 0.3) is 0 Å². The minimum atomic E-state index is -4.39. The van der Waals surface area contributed by atoms with E-state index < -0.39 is 17.2 Å². The first-order valence-corrected chi connectivity index (χ1v) is 7.44. The fourth-order valence-corrected chi connectivity index (χ4v) is 2.27. The molecule has 0 saturated heterocycles. The largest absolute Gasteiger partial charge is 0.416 e. The van der Waals surface area contributed by atoms with Gasteiger partial charge in [-0.2, -0.15) is 13.2 Å². The molecule has 130 valence electrons. The molecule has 24 heavy (non-hydrogen) atoms. The summed E-state index contributed by atoms with van der Waals surface area (Å²) in [7, 11) is 0. The molecule has 0 aliphatic rings. The SMILES string of the molecule is Cc1cc(CC(=O)NCC(C)(C)c2cccc(C(F)(F)F)c2)no1. The van der Waals surface area contributed by atoms with E-state index in [-0.39, 0.29) is 18.9 Å². The van der Waals surface area contributed by atoms with E-state index in [1.165, 1.54) is 6.07 Å². The Labute approximate surface area is 138 Å². The molecule has 2 rings (SSSR count). The monoisotopic (exact) mass is 340 g/mol. The van der Waals surface area contributed by atoms with E-state index in [9.17, 15) is 18.0 Å². The van der Waals surface area contributed by atoms with Gasteiger partial charge in [-0.05, 0) is 18.6 Å². The predicted molar refractivity (Wildman–Crippen MR) is 82.4 cm³/mol. The summed E-state index contributed by atoms with van der Waals surface area (Å²) in [6.07, 6.45) is -4.32. The number of nitrogens with zero attached hydrogens (tertiary/aromatic N) is 1. The van der Waals surface area contributed by atoms with Gasteiger partial charge >= 0.3 is 6.18 Å². The number of carbonyl (C=O) groups excluding carboxylic acids is 1. The second-order valence-electron chi connectivity index (χ2n) is 6.34. The molecule has 0 aliphatic heterocycles. The number of aromatic nitrogens is 1. The second-order valence-corrected chi connectivity index (χ2v) is 6.34. The molecule has 1 N–H and O–H groups in total. The van der Waals surface area contributed by atoms with E-state index in [4.69, 9.17) is 4.52 Å². The Kier molecular flexibility index (Phi) is 5.01. The first-order valence-electron chi connectivity index (χ1n) is 7.44. The lowest BCUT2D eigenvalue weighted by Gasteiger charge is -2.26. The number of alkyl halides is 3. The summed E-state index contributed by atoms with van der Waals surface area (Å²) in [4.78, 5) is 12.0. The molecule has 2 aromatic rings. The van der Waals surface area contributed by atoms with Crippen molar-refractivity contribution >= 4 is 5.91 Å². The predicted octanol–water partition coefficient (Wildman–Crippen LogP) is 3.64. The number of halogens is 3. The van der Waals surface area contributed by atoms with Crippen molar-refractivity contribution in [3.63, 3.8) is 0 Å². The second kappa shape index (κ2) is 6.67. The summed E-state index contributed by atoms with van der Waals surface area (Å²) in [6.45, 7) is 5.50. The molecular weight excluding hydrogens is 321 g/mol. The Morgan fingerprint density at radius 3 is 2.46 bits per heavy atom. The highest BCUT2D eigenvalue weighted by atomic mass is 19.4. The van der Waals surface area contributed by atoms with Gasteiger partial charge in [-0.3, -0.25) is 4.79 Å². The molecule has 0 spiro atoms. The quantitative estimate of drug-likeness (QED) is 0.904. The summed E-state index contributed by atoms with van der Waals surface area (Å²) in [6, 6.07) is 6.82. The van der Waals surface area contributed by atoms with E-state index in [2.05, 4.69) is 10.5 Å². The molecule has 1 heterocycles. The molecule has 7 heteroatoms. The Bertz CT molecular complexity index is 721. The van der Waals surface area contributed by atoms with Crippen LogP contribution in [0, 0.1) is 6.92 Å². The van der Waals surface area contributed by atoms with Crippen LogP contribution >= 0.6 is 0 Å². The van der Waals surface area contributed by atoms with Crippen molar-refractivity contribution in [3.8, 4) is 0 Å². The van der Waals surface area contributed by atoms with Gasteiger partial charge in [-0.1, -0.05) is 37.2 Å². The summed E-state index contributed by atoms with van der Waals surface area (Å²) in [5.74, 6) is 0.352. The van der Waals surface area contributed by atoms with Crippen LogP contribution < -0.4 is 5.32 Å². The smallest absolute Gasteiger partial charge is 0.361 e. The van der Waals surface area contributed by atoms with Crippen LogP contribution in [0.5, 0.6) is 0 Å². The number of hydrogen-bond acceptors (Lipinski definition) is 3. The minimum absolute atomic E-state index is 0.0655. The number of hydrogen-bond donors (Lipinski definition) is 1. The van der Waals surface area contributed by atoms with Gasteiger partial charge in [0.1, 0.15) is 5.76 Å². The lowest BCUT2D eigenvalue weighted by Crippen LogP contribution is -2.37. The van der Waals surface area contributed by atoms with Crippen molar-refractivity contribution in [2.75, 3.05) is 6.54 Å². The van der Waals surface area contributed by atoms with Crippen molar-refractivity contribution in [2.45, 2.75) is 38.8 Å². The molecule has 0 bridgehead atoms. The first-order chi connectivity index (χ1) is 11.1. The highest BCUT2D eigenvalue weighted by Gasteiger charge is 2.32. The van der Waals surface area contributed by atoms with Gasteiger partial charge < -0.3 is 9.84 Å². The van der Waals surface area contributed by atoms with Crippen molar-refractivity contribution in [3.05, 3.63) is 52.9 Å². The lowest BCUT2D eigenvalue weighted by molar-refractivity contribution is -0.137. The standard InChI is InChI=1S/C17H19F3N2O2/c1-11-7-14(22-24-11)9-15(23)21-10-16(2,3)12-5-4-6-13(8-12)17(18,19)20/h4-8H,9-10H2,1-3H3,(H,21,23). The summed E-state index contributed by atoms with van der Waals surface area (Å²) >= 11 is 0. The maximum atomic E-state index is 12.8. The van der Waals surface area contributed by atoms with E-state index in [0.29, 0.717) is 17.0 Å². The van der Waals surface area contributed by atoms with Crippen molar-refractivity contribution in [2.24, 2.45) is 0 Å². The van der Waals surface area contributed by atoms with Crippen molar-refractivity contribution in [1.82, 2.24) is 10.5 Å². The molecule has 0 unspecified atom stereocenters. The molecular formula is C17H19F3N2O2. The van der Waals surface area contributed by atoms with E-state index in [0.717, 1.165) is 12.1 Å². The molecule has 0 aliphatic carbocycles. The van der Waals surface area contributed by atoms with Gasteiger partial charge in [-0.15, -0.1) is 0 Å². The number of aryl methyl sites for hydroxylation is 1. The summed E-state index contributed by atoms with van der Waals surface area (Å²) in [5.41, 5.74) is -0.314. The average molecular weight is 340 g/mol. The highest BCUT2D eigenvalue weighted by Crippen LogP contribution is 2.32. The zero-order valence-electron chi connectivity index (χ0n) is 13.7. The number of benzene rings is 1. The maximum Gasteiger partial charge on any atom is 0.416 e. The van der Waals surface area contributed by atoms with Crippen LogP contribution in [0.15, 0.2) is 34.9 Å². The number of nitrogens with one attached hydrogen (secondary N) is 1. The lowest BCUT2D eigenvalue weighted by atomic mass is 9.83. The number of rotatable bonds is 5. The fourth-order valence-electron chi connectivity index (χ4n) is 2.27. The Morgan fingerprint density at radius 1 is 1.21 bits per heavy atom. The van der Waals surface area contributed by atoms with Crippen LogP contribution in [0.1, 0.15) is 36.4 Å². The molecule has 0 atom stereocenters. The third-order valence-electron chi connectivity index (χ3n) is 3.72. The van der Waals surface area contributed by atoms with Crippen LogP contribution in [0.3, 0.4) is 0 Å². The van der Waals surface area contributed by atoms with Gasteiger partial charge in [0.15, 0.2) is 0 Å². The third kappa shape index (κ3) is 4.59. The van der Waals surface area contributed by atoms with E-state index >= 15 is 0 Å². The number of carbonyl (C=O) groups is 1. The van der Waals surface area contributed by atoms with Crippen LogP contribution in [0.2, 0.25) is 0 Å². The normalized spacial score (nSPS) is 12.2. The topological polar surface area (TPSA) is 55.1 Å². The minimum Gasteiger partial charge on any atom is -0.361 e. The van der Waals surface area contributed by atoms with Gasteiger partial charge in [0.2, 0.25) is 5.91 Å². The Balaban J connectivity index is 2.01. The third-order valence-corrected chi connectivity index (χ3v) is 3.72. The van der Waals surface area contributed by atoms with E-state index in [1.54, 1.807) is 32.9 Å². The zero-order chi connectivity index (χ0) is 18.0. The molecule has 4 nitrogen and oxygen atoms in total. The average Bonchev–Trinajstić information content (AvgIpc) is 2.90. The summed E-state index contributed by atoms with van der Waals surface area (Å²) in [5, 5.41) is 6.47. The highest BCUT2D eigenvalue weighted by molar-refractivity contribution is 5.78. The zero-order valence-corrected chi connectivity index (χ0v) is 13.7. The van der Waals surface area contributed by atoms with Gasteiger partial charge in [0.05, 0.1) is 17.7 Å². The van der Waals surface area contributed by atoms with Crippen LogP contribution in [0.25, 0.3) is 0 Å². The molecule has 0 fully saturated rings. The van der Waals surface area contributed by atoms with Gasteiger partial charge in [-0.25, -0.2) is 0 Å². The maximum absolute atomic E-state index is 12.8. The Morgan fingerprint density at radius 2 is 1.88 bits per heavy atom. The number of amides is 1. The van der Waals surface area contributed by atoms with Crippen LogP contribution in [0.4, 0.5) is 13.2 Å². The van der Waals surface area contributed by atoms with Crippen LogP contribution in [-0.2, 0) is 22.8 Å². The van der Waals surface area contributed by atoms with Crippen molar-refractivity contribution < 1.29 is 22.5 Å². The summed E-state index contributed by atoms with van der Waals surface area (Å²) < 4.78 is 43.4. The fraction of sp³-hybridized carbons (Fsp3) is 0.412. The molecule has 1 aromatic carbocycles. The Hall–Kier alpha value is -2.31. The molecule has 0 radical (unpaired) electrons.